The molecule has 2 aromatic rings. The first-order valence-electron chi connectivity index (χ1n) is 9.60. The Bertz CT molecular complexity index is 702. The molecule has 5 heteroatoms. The number of aromatic nitrogens is 1. The Morgan fingerprint density at radius 3 is 3.08 bits per heavy atom. The van der Waals surface area contributed by atoms with Crippen molar-refractivity contribution in [2.45, 2.75) is 45.4 Å². The van der Waals surface area contributed by atoms with Gasteiger partial charge in [-0.2, -0.15) is 0 Å². The highest BCUT2D eigenvalue weighted by Crippen LogP contribution is 2.41. The molecular formula is C21H28N2O3. The molecule has 0 aromatic carbocycles. The van der Waals surface area contributed by atoms with Crippen molar-refractivity contribution in [3.8, 4) is 0 Å². The van der Waals surface area contributed by atoms with E-state index in [4.69, 9.17) is 13.9 Å². The van der Waals surface area contributed by atoms with Crippen LogP contribution in [-0.4, -0.2) is 42.3 Å². The van der Waals surface area contributed by atoms with E-state index >= 15 is 0 Å². The SMILES string of the molecule is Cc1ccc(CN2CC[C@@H]3OCCC[C@@]3(COCc3ccccn3)C2)o1. The second kappa shape index (κ2) is 7.91. The van der Waals surface area contributed by atoms with Gasteiger partial charge >= 0.3 is 0 Å². The van der Waals surface area contributed by atoms with Gasteiger partial charge in [-0.05, 0) is 50.5 Å². The molecule has 0 N–H and O–H groups in total. The fourth-order valence-corrected chi connectivity index (χ4v) is 4.36. The molecule has 5 nitrogen and oxygen atoms in total. The van der Waals surface area contributed by atoms with Crippen LogP contribution in [0, 0.1) is 12.3 Å². The molecule has 4 rings (SSSR count). The lowest BCUT2D eigenvalue weighted by Crippen LogP contribution is -2.56. The summed E-state index contributed by atoms with van der Waals surface area (Å²) in [6.45, 7) is 7.07. The molecule has 0 bridgehead atoms. The number of fused-ring (bicyclic) bond motifs is 1. The summed E-state index contributed by atoms with van der Waals surface area (Å²) in [6, 6.07) is 10.1. The van der Waals surface area contributed by atoms with Gasteiger partial charge in [0.2, 0.25) is 0 Å². The molecule has 2 aliphatic rings. The van der Waals surface area contributed by atoms with Gasteiger partial charge in [0.05, 0.1) is 31.6 Å². The lowest BCUT2D eigenvalue weighted by molar-refractivity contribution is -0.156. The van der Waals surface area contributed by atoms with E-state index in [1.807, 2.05) is 37.4 Å². The van der Waals surface area contributed by atoms with Crippen LogP contribution < -0.4 is 0 Å². The molecule has 26 heavy (non-hydrogen) atoms. The first kappa shape index (κ1) is 17.7. The Hall–Kier alpha value is -1.69. The number of pyridine rings is 1. The van der Waals surface area contributed by atoms with Crippen LogP contribution in [0.5, 0.6) is 0 Å². The van der Waals surface area contributed by atoms with E-state index in [1.54, 1.807) is 0 Å². The maximum atomic E-state index is 6.14. The van der Waals surface area contributed by atoms with Crippen LogP contribution in [0.15, 0.2) is 40.9 Å². The van der Waals surface area contributed by atoms with Crippen LogP contribution >= 0.6 is 0 Å². The number of ether oxygens (including phenoxy) is 2. The zero-order chi connectivity index (χ0) is 17.8. The molecule has 0 spiro atoms. The molecular weight excluding hydrogens is 328 g/mol. The maximum absolute atomic E-state index is 6.14. The molecule has 2 fully saturated rings. The van der Waals surface area contributed by atoms with Crippen molar-refractivity contribution < 1.29 is 13.9 Å². The van der Waals surface area contributed by atoms with E-state index in [0.29, 0.717) is 12.7 Å². The third-order valence-electron chi connectivity index (χ3n) is 5.61. The van der Waals surface area contributed by atoms with E-state index < -0.39 is 0 Å². The standard InChI is InChI=1S/C21H28N2O3/c1-17-6-7-19(26-17)13-23-11-8-20-21(15-23,9-4-12-25-20)16-24-14-18-5-2-3-10-22-18/h2-3,5-7,10,20H,4,8-9,11-16H2,1H3/t20-,21-/m0/s1. The summed E-state index contributed by atoms with van der Waals surface area (Å²) in [5.41, 5.74) is 1.06. The fourth-order valence-electron chi connectivity index (χ4n) is 4.36. The monoisotopic (exact) mass is 356 g/mol. The van der Waals surface area contributed by atoms with Crippen molar-refractivity contribution in [3.05, 3.63) is 53.7 Å². The minimum Gasteiger partial charge on any atom is -0.465 e. The minimum atomic E-state index is 0.0763. The van der Waals surface area contributed by atoms with Crippen LogP contribution in [0.2, 0.25) is 0 Å². The van der Waals surface area contributed by atoms with E-state index in [1.165, 1.54) is 0 Å². The van der Waals surface area contributed by atoms with Gasteiger partial charge in [-0.25, -0.2) is 0 Å². The van der Waals surface area contributed by atoms with Gasteiger partial charge < -0.3 is 13.9 Å². The molecule has 2 atom stereocenters. The number of furan rings is 1. The average Bonchev–Trinajstić information content (AvgIpc) is 3.07. The molecule has 0 amide bonds. The van der Waals surface area contributed by atoms with E-state index in [9.17, 15) is 0 Å². The lowest BCUT2D eigenvalue weighted by Gasteiger charge is -2.50. The lowest BCUT2D eigenvalue weighted by atomic mass is 9.73. The zero-order valence-corrected chi connectivity index (χ0v) is 15.5. The third-order valence-corrected chi connectivity index (χ3v) is 5.61. The van der Waals surface area contributed by atoms with Crippen molar-refractivity contribution in [3.63, 3.8) is 0 Å². The Labute approximate surface area is 155 Å². The highest BCUT2D eigenvalue weighted by molar-refractivity contribution is 5.07. The van der Waals surface area contributed by atoms with Crippen LogP contribution in [-0.2, 0) is 22.6 Å². The van der Waals surface area contributed by atoms with Crippen LogP contribution in [0.4, 0.5) is 0 Å². The molecule has 2 aliphatic heterocycles. The third kappa shape index (κ3) is 4.00. The fraction of sp³-hybridized carbons (Fsp3) is 0.571. The topological polar surface area (TPSA) is 47.7 Å². The largest absolute Gasteiger partial charge is 0.465 e. The smallest absolute Gasteiger partial charge is 0.118 e. The van der Waals surface area contributed by atoms with Gasteiger partial charge in [-0.1, -0.05) is 6.07 Å². The Morgan fingerprint density at radius 2 is 2.27 bits per heavy atom. The number of hydrogen-bond acceptors (Lipinski definition) is 5. The van der Waals surface area contributed by atoms with E-state index in [-0.39, 0.29) is 5.41 Å². The minimum absolute atomic E-state index is 0.0763. The summed E-state index contributed by atoms with van der Waals surface area (Å²) in [7, 11) is 0. The van der Waals surface area contributed by atoms with Gasteiger partial charge in [-0.15, -0.1) is 0 Å². The quantitative estimate of drug-likeness (QED) is 0.792. The van der Waals surface area contributed by atoms with Crippen molar-refractivity contribution in [2.75, 3.05) is 26.3 Å². The van der Waals surface area contributed by atoms with Crippen LogP contribution in [0.1, 0.15) is 36.5 Å². The molecule has 140 valence electrons. The summed E-state index contributed by atoms with van der Waals surface area (Å²) in [4.78, 5) is 6.85. The van der Waals surface area contributed by atoms with Crippen LogP contribution in [0.25, 0.3) is 0 Å². The second-order valence-corrected chi connectivity index (χ2v) is 7.65. The number of aryl methyl sites for hydroxylation is 1. The normalized spacial score (nSPS) is 26.6. The highest BCUT2D eigenvalue weighted by Gasteiger charge is 2.46. The summed E-state index contributed by atoms with van der Waals surface area (Å²) >= 11 is 0. The number of likely N-dealkylation sites (tertiary alicyclic amines) is 1. The van der Waals surface area contributed by atoms with E-state index in [0.717, 1.165) is 69.3 Å². The van der Waals surface area contributed by atoms with Gasteiger partial charge in [0.25, 0.3) is 0 Å². The molecule has 2 aromatic heterocycles. The number of rotatable bonds is 6. The first-order chi connectivity index (χ1) is 12.7. The zero-order valence-electron chi connectivity index (χ0n) is 15.5. The summed E-state index contributed by atoms with van der Waals surface area (Å²) < 4.78 is 18.1. The highest BCUT2D eigenvalue weighted by atomic mass is 16.5. The summed E-state index contributed by atoms with van der Waals surface area (Å²) in [5, 5.41) is 0. The number of hydrogen-bond donors (Lipinski definition) is 0. The van der Waals surface area contributed by atoms with Crippen molar-refractivity contribution in [2.24, 2.45) is 5.41 Å². The molecule has 0 radical (unpaired) electrons. The van der Waals surface area contributed by atoms with Crippen molar-refractivity contribution >= 4 is 0 Å². The molecule has 4 heterocycles. The molecule has 0 aliphatic carbocycles. The second-order valence-electron chi connectivity index (χ2n) is 7.65. The van der Waals surface area contributed by atoms with Gasteiger partial charge in [0, 0.05) is 31.3 Å². The van der Waals surface area contributed by atoms with E-state index in [2.05, 4.69) is 16.0 Å². The van der Waals surface area contributed by atoms with Crippen LogP contribution in [0.3, 0.4) is 0 Å². The predicted molar refractivity (Wildman–Crippen MR) is 98.6 cm³/mol. The Morgan fingerprint density at radius 1 is 1.31 bits per heavy atom. The average molecular weight is 356 g/mol. The van der Waals surface area contributed by atoms with Gasteiger partial charge in [0.1, 0.15) is 11.5 Å². The summed E-state index contributed by atoms with van der Waals surface area (Å²) in [5.74, 6) is 2.02. The maximum Gasteiger partial charge on any atom is 0.118 e. The molecule has 0 saturated carbocycles. The van der Waals surface area contributed by atoms with Gasteiger partial charge in [0.15, 0.2) is 0 Å². The molecule has 2 saturated heterocycles. The van der Waals surface area contributed by atoms with Gasteiger partial charge in [-0.3, -0.25) is 9.88 Å². The van der Waals surface area contributed by atoms with Crippen molar-refractivity contribution in [1.82, 2.24) is 9.88 Å². The molecule has 0 unspecified atom stereocenters. The van der Waals surface area contributed by atoms with Crippen molar-refractivity contribution in [1.29, 1.82) is 0 Å². The predicted octanol–water partition coefficient (Wildman–Crippen LogP) is 3.57. The number of piperidine rings is 1. The Balaban J connectivity index is 1.40. The Kier molecular flexibility index (Phi) is 5.38. The summed E-state index contributed by atoms with van der Waals surface area (Å²) in [6.07, 6.45) is 5.45. The number of nitrogens with zero attached hydrogens (tertiary/aromatic N) is 2. The first-order valence-corrected chi connectivity index (χ1v) is 9.60.